The second-order valence-electron chi connectivity index (χ2n) is 21.7. The molecule has 6 aliphatic rings. The Kier molecular flexibility index (Phi) is 10.3. The topological polar surface area (TPSA) is 6.48 Å². The minimum absolute atomic E-state index is 0.0718. The van der Waals surface area contributed by atoms with E-state index in [-0.39, 0.29) is 13.4 Å². The zero-order valence-electron chi connectivity index (χ0n) is 43.6. The summed E-state index contributed by atoms with van der Waals surface area (Å²) in [5, 5.41) is 0. The van der Waals surface area contributed by atoms with E-state index in [1.165, 1.54) is 139 Å². The summed E-state index contributed by atoms with van der Waals surface area (Å²) in [4.78, 5) is 15.4. The Morgan fingerprint density at radius 2 is 0.605 bits per heavy atom. The highest BCUT2D eigenvalue weighted by Gasteiger charge is 2.55. The highest BCUT2D eigenvalue weighted by atomic mass is 32.2. The molecule has 0 unspecified atom stereocenters. The monoisotopic (exact) mass is 1100 g/mol. The first kappa shape index (κ1) is 46.5. The van der Waals surface area contributed by atoms with Crippen molar-refractivity contribution in [1.29, 1.82) is 0 Å². The molecular weight excluding hydrogens is 1050 g/mol. The molecule has 18 rings (SSSR count). The molecule has 12 aromatic carbocycles. The molecule has 0 N–H and O–H groups in total. The van der Waals surface area contributed by atoms with E-state index in [9.17, 15) is 0 Å². The summed E-state index contributed by atoms with van der Waals surface area (Å²) in [7, 11) is 0. The van der Waals surface area contributed by atoms with Crippen molar-refractivity contribution in [2.45, 2.75) is 44.6 Å². The number of benzene rings is 12. The SMILES string of the molecule is c1ccc(B2c3ccccc3Sc3c2ccc2c3-c3cc(N4c5ccccc5Sc5ccccc54)ccc3C23c2ccc(N4c5ccccc5Sc5ccccc54)cc2-c2c3ccc3c2Sc2ccccc2B3c2ccccc2)cc1. The van der Waals surface area contributed by atoms with E-state index in [2.05, 4.69) is 277 Å². The minimum Gasteiger partial charge on any atom is -0.308 e. The van der Waals surface area contributed by atoms with Gasteiger partial charge >= 0.3 is 0 Å². The van der Waals surface area contributed by atoms with Crippen LogP contribution in [0.15, 0.2) is 306 Å². The summed E-state index contributed by atoms with van der Waals surface area (Å²) in [5.41, 5.74) is 25.2. The summed E-state index contributed by atoms with van der Waals surface area (Å²) in [6.45, 7) is 0.144. The van der Waals surface area contributed by atoms with E-state index in [4.69, 9.17) is 0 Å². The van der Waals surface area contributed by atoms with Gasteiger partial charge < -0.3 is 9.80 Å². The van der Waals surface area contributed by atoms with E-state index in [1.807, 2.05) is 47.0 Å². The van der Waals surface area contributed by atoms with Gasteiger partial charge in [0.2, 0.25) is 13.4 Å². The molecule has 1 spiro atoms. The van der Waals surface area contributed by atoms with Crippen LogP contribution in [-0.4, -0.2) is 13.4 Å². The van der Waals surface area contributed by atoms with Crippen LogP contribution in [0.1, 0.15) is 22.3 Å². The third-order valence-corrected chi connectivity index (χ3v) is 22.4. The van der Waals surface area contributed by atoms with E-state index in [0.29, 0.717) is 0 Å². The van der Waals surface area contributed by atoms with Gasteiger partial charge in [0.15, 0.2) is 0 Å². The lowest BCUT2D eigenvalue weighted by Gasteiger charge is -2.35. The first-order chi connectivity index (χ1) is 40.2. The number of para-hydroxylation sites is 4. The van der Waals surface area contributed by atoms with Gasteiger partial charge in [0.25, 0.3) is 0 Å². The maximum atomic E-state index is 2.56. The molecule has 0 bridgehead atoms. The maximum Gasteiger partial charge on any atom is 0.244 e. The maximum absolute atomic E-state index is 2.56. The molecule has 0 saturated heterocycles. The molecule has 0 atom stereocenters. The molecule has 0 saturated carbocycles. The normalized spacial score (nSPS) is 14.7. The molecule has 0 amide bonds. The number of rotatable bonds is 4. The number of hydrogen-bond donors (Lipinski definition) is 0. The third-order valence-electron chi connectivity index (χ3n) is 17.7. The van der Waals surface area contributed by atoms with Crippen molar-refractivity contribution in [3.05, 3.63) is 289 Å². The lowest BCUT2D eigenvalue weighted by Crippen LogP contribution is -2.55. The van der Waals surface area contributed by atoms with Gasteiger partial charge in [-0.1, -0.05) is 262 Å². The van der Waals surface area contributed by atoms with Crippen molar-refractivity contribution >= 4 is 127 Å². The van der Waals surface area contributed by atoms with Gasteiger partial charge in [-0.3, -0.25) is 0 Å². The average Bonchev–Trinajstić information content (AvgIpc) is 2.20. The van der Waals surface area contributed by atoms with Gasteiger partial charge in [-0.15, -0.1) is 0 Å². The number of anilines is 6. The van der Waals surface area contributed by atoms with Crippen LogP contribution in [0.25, 0.3) is 22.3 Å². The molecule has 376 valence electrons. The summed E-state index contributed by atoms with van der Waals surface area (Å²) >= 11 is 7.66. The lowest BCUT2D eigenvalue weighted by molar-refractivity contribution is 0.792. The smallest absolute Gasteiger partial charge is 0.244 e. The first-order valence-electron chi connectivity index (χ1n) is 27.8. The van der Waals surface area contributed by atoms with Crippen LogP contribution in [0.5, 0.6) is 0 Å². The minimum atomic E-state index is -0.656. The summed E-state index contributed by atoms with van der Waals surface area (Å²) in [5.74, 6) is 0. The van der Waals surface area contributed by atoms with Crippen molar-refractivity contribution in [2.75, 3.05) is 9.80 Å². The molecule has 0 aromatic heterocycles. The zero-order valence-corrected chi connectivity index (χ0v) is 46.9. The van der Waals surface area contributed by atoms with Crippen molar-refractivity contribution in [2.24, 2.45) is 0 Å². The largest absolute Gasteiger partial charge is 0.308 e. The van der Waals surface area contributed by atoms with Gasteiger partial charge in [-0.2, -0.15) is 0 Å². The highest BCUT2D eigenvalue weighted by Crippen LogP contribution is 2.67. The number of nitrogens with zero attached hydrogens (tertiary/aromatic N) is 2. The molecule has 4 aliphatic heterocycles. The molecule has 2 nitrogen and oxygen atoms in total. The Bertz CT molecular complexity index is 4270. The van der Waals surface area contributed by atoms with Crippen LogP contribution in [-0.2, 0) is 5.41 Å². The summed E-state index contributed by atoms with van der Waals surface area (Å²) < 4.78 is 0. The molecule has 8 heteroatoms. The summed E-state index contributed by atoms with van der Waals surface area (Å²) in [6, 6.07) is 102. The Labute approximate surface area is 489 Å². The molecule has 12 aromatic rings. The summed E-state index contributed by atoms with van der Waals surface area (Å²) in [6.07, 6.45) is 0. The molecule has 0 fully saturated rings. The quantitative estimate of drug-likeness (QED) is 0.161. The predicted molar refractivity (Wildman–Crippen MR) is 344 cm³/mol. The van der Waals surface area contributed by atoms with Crippen LogP contribution in [0.2, 0.25) is 0 Å². The standard InChI is InChI=1S/C73H44B2N2S4/c1-3-19-45(20-4-1)74-55-23-7-13-29-63(55)80-71-57(74)41-39-53-69(71)49-43-47(76-59-25-9-15-31-65(59)78-66-32-16-10-26-60(66)76)35-37-51(49)73(53)52-38-36-48(77-61-27-11-17-33-67(61)79-68-34-18-12-28-62(68)77)44-50(52)70-54(73)40-42-58-72(70)81-64-30-14-8-24-56(64)75(58)46-21-5-2-6-22-46/h1-44H. The number of fused-ring (bicyclic) bond motifs is 20. The predicted octanol–water partition coefficient (Wildman–Crippen LogP) is 15.9. The fourth-order valence-electron chi connectivity index (χ4n) is 14.5. The molecule has 2 aliphatic carbocycles. The van der Waals surface area contributed by atoms with Gasteiger partial charge in [0.05, 0.1) is 28.2 Å². The second-order valence-corrected chi connectivity index (χ2v) is 26.0. The van der Waals surface area contributed by atoms with Gasteiger partial charge in [-0.05, 0) is 118 Å². The second kappa shape index (κ2) is 17.9. The van der Waals surface area contributed by atoms with E-state index >= 15 is 0 Å². The molecule has 81 heavy (non-hydrogen) atoms. The lowest BCUT2D eigenvalue weighted by atomic mass is 9.36. The molecule has 4 heterocycles. The van der Waals surface area contributed by atoms with Crippen LogP contribution in [0.4, 0.5) is 34.1 Å². The van der Waals surface area contributed by atoms with Crippen molar-refractivity contribution < 1.29 is 0 Å². The number of hydrogen-bond acceptors (Lipinski definition) is 6. The van der Waals surface area contributed by atoms with Crippen LogP contribution >= 0.6 is 47.0 Å². The zero-order chi connectivity index (χ0) is 52.9. The molecule has 0 radical (unpaired) electrons. The Morgan fingerprint density at radius 1 is 0.272 bits per heavy atom. The Morgan fingerprint density at radius 3 is 1.00 bits per heavy atom. The van der Waals surface area contributed by atoms with Gasteiger partial charge in [-0.25, -0.2) is 0 Å². The first-order valence-corrected chi connectivity index (χ1v) is 31.1. The van der Waals surface area contributed by atoms with Crippen LogP contribution in [0, 0.1) is 0 Å². The van der Waals surface area contributed by atoms with Crippen LogP contribution < -0.4 is 42.6 Å². The van der Waals surface area contributed by atoms with E-state index in [0.717, 1.165) is 11.4 Å². The fraction of sp³-hybridized carbons (Fsp3) is 0.0137. The van der Waals surface area contributed by atoms with E-state index < -0.39 is 5.41 Å². The van der Waals surface area contributed by atoms with Gasteiger partial charge in [0, 0.05) is 61.7 Å². The van der Waals surface area contributed by atoms with Crippen molar-refractivity contribution in [3.8, 4) is 22.3 Å². The average molecular weight is 1100 g/mol. The van der Waals surface area contributed by atoms with Crippen molar-refractivity contribution in [3.63, 3.8) is 0 Å². The van der Waals surface area contributed by atoms with Gasteiger partial charge in [0.1, 0.15) is 0 Å². The van der Waals surface area contributed by atoms with E-state index in [1.54, 1.807) is 0 Å². The highest BCUT2D eigenvalue weighted by molar-refractivity contribution is 8.00. The third kappa shape index (κ3) is 6.62. The Balaban J connectivity index is 0.953. The fourth-order valence-corrected chi connectivity index (χ4v) is 19.2. The van der Waals surface area contributed by atoms with Crippen molar-refractivity contribution in [1.82, 2.24) is 0 Å². The Hall–Kier alpha value is -8.23. The molecular formula is C73H44B2N2S4. The van der Waals surface area contributed by atoms with Crippen LogP contribution in [0.3, 0.4) is 0 Å².